The number of fused-ring (bicyclic) bond motifs is 1. The standard InChI is InChI=1S/C23H27NO2S/c1-17(27-16-20-8-5-15-26-20)23(25)24-13-11-19(12-14-24)22-10-4-7-18-6-2-3-9-21(18)22/h2-4,6-7,9-11,17,20H,5,8,12-16H2,1H3. The lowest BCUT2D eigenvalue weighted by Gasteiger charge is -2.29. The van der Waals surface area contributed by atoms with Crippen LogP contribution in [0, 0.1) is 0 Å². The molecule has 1 fully saturated rings. The van der Waals surface area contributed by atoms with Crippen molar-refractivity contribution >= 4 is 34.0 Å². The zero-order valence-electron chi connectivity index (χ0n) is 15.9. The minimum atomic E-state index is 0.00158. The van der Waals surface area contributed by atoms with Crippen LogP contribution in [0.15, 0.2) is 48.5 Å². The van der Waals surface area contributed by atoms with Crippen molar-refractivity contribution in [2.24, 2.45) is 0 Å². The molecule has 3 nitrogen and oxygen atoms in total. The number of carbonyl (C=O) groups excluding carboxylic acids is 1. The van der Waals surface area contributed by atoms with Crippen molar-refractivity contribution in [2.45, 2.75) is 37.5 Å². The summed E-state index contributed by atoms with van der Waals surface area (Å²) in [5, 5.41) is 2.57. The highest BCUT2D eigenvalue weighted by Crippen LogP contribution is 2.30. The molecule has 2 atom stereocenters. The van der Waals surface area contributed by atoms with Crippen LogP contribution in [0.2, 0.25) is 0 Å². The predicted octanol–water partition coefficient (Wildman–Crippen LogP) is 4.76. The molecule has 2 aromatic rings. The normalized spacial score (nSPS) is 21.3. The van der Waals surface area contributed by atoms with Crippen LogP contribution in [0.5, 0.6) is 0 Å². The minimum absolute atomic E-state index is 0.00158. The molecule has 2 aliphatic heterocycles. The molecule has 2 heterocycles. The summed E-state index contributed by atoms with van der Waals surface area (Å²) in [6, 6.07) is 15.0. The van der Waals surface area contributed by atoms with Gasteiger partial charge in [0.05, 0.1) is 11.4 Å². The Morgan fingerprint density at radius 2 is 2.11 bits per heavy atom. The topological polar surface area (TPSA) is 29.5 Å². The molecule has 2 unspecified atom stereocenters. The third kappa shape index (κ3) is 4.22. The number of hydrogen-bond acceptors (Lipinski definition) is 3. The van der Waals surface area contributed by atoms with Crippen molar-refractivity contribution in [2.75, 3.05) is 25.4 Å². The van der Waals surface area contributed by atoms with Gasteiger partial charge in [0.25, 0.3) is 0 Å². The van der Waals surface area contributed by atoms with E-state index in [0.717, 1.165) is 38.2 Å². The Morgan fingerprint density at radius 3 is 2.89 bits per heavy atom. The summed E-state index contributed by atoms with van der Waals surface area (Å²) in [7, 11) is 0. The second-order valence-corrected chi connectivity index (χ2v) is 8.77. The van der Waals surface area contributed by atoms with Gasteiger partial charge in [-0.3, -0.25) is 4.79 Å². The van der Waals surface area contributed by atoms with E-state index in [1.807, 2.05) is 11.8 Å². The maximum Gasteiger partial charge on any atom is 0.235 e. The number of thioether (sulfide) groups is 1. The summed E-state index contributed by atoms with van der Waals surface area (Å²) in [5.41, 5.74) is 2.66. The van der Waals surface area contributed by atoms with E-state index in [2.05, 4.69) is 48.5 Å². The molecule has 4 heteroatoms. The molecule has 1 amide bonds. The van der Waals surface area contributed by atoms with Crippen LogP contribution in [-0.2, 0) is 9.53 Å². The van der Waals surface area contributed by atoms with E-state index < -0.39 is 0 Å². The summed E-state index contributed by atoms with van der Waals surface area (Å²) in [6.07, 6.45) is 5.78. The minimum Gasteiger partial charge on any atom is -0.377 e. The van der Waals surface area contributed by atoms with Gasteiger partial charge in [0.1, 0.15) is 0 Å². The van der Waals surface area contributed by atoms with Gasteiger partial charge < -0.3 is 9.64 Å². The van der Waals surface area contributed by atoms with Crippen LogP contribution in [0.4, 0.5) is 0 Å². The van der Waals surface area contributed by atoms with E-state index in [9.17, 15) is 4.79 Å². The number of benzene rings is 2. The van der Waals surface area contributed by atoms with E-state index in [1.165, 1.54) is 21.9 Å². The van der Waals surface area contributed by atoms with Crippen LogP contribution in [0.25, 0.3) is 16.3 Å². The summed E-state index contributed by atoms with van der Waals surface area (Å²) < 4.78 is 5.67. The molecule has 142 valence electrons. The molecule has 4 rings (SSSR count). The largest absolute Gasteiger partial charge is 0.377 e. The highest BCUT2D eigenvalue weighted by atomic mass is 32.2. The first-order valence-electron chi connectivity index (χ1n) is 9.91. The molecule has 0 saturated carbocycles. The molecule has 0 N–H and O–H groups in total. The van der Waals surface area contributed by atoms with Gasteiger partial charge in [-0.25, -0.2) is 0 Å². The van der Waals surface area contributed by atoms with Crippen LogP contribution in [0.1, 0.15) is 31.7 Å². The maximum atomic E-state index is 12.8. The second kappa shape index (κ2) is 8.49. The van der Waals surface area contributed by atoms with Gasteiger partial charge in [0.2, 0.25) is 5.91 Å². The van der Waals surface area contributed by atoms with Gasteiger partial charge in [-0.15, -0.1) is 11.8 Å². The molecule has 0 aromatic heterocycles. The van der Waals surface area contributed by atoms with Gasteiger partial charge in [0.15, 0.2) is 0 Å². The molecule has 27 heavy (non-hydrogen) atoms. The average Bonchev–Trinajstić information content (AvgIpc) is 3.25. The molecular weight excluding hydrogens is 354 g/mol. The van der Waals surface area contributed by atoms with E-state index >= 15 is 0 Å². The third-order valence-corrected chi connectivity index (χ3v) is 6.83. The smallest absolute Gasteiger partial charge is 0.235 e. The Morgan fingerprint density at radius 1 is 1.26 bits per heavy atom. The Bertz CT molecular complexity index is 836. The first-order chi connectivity index (χ1) is 13.2. The fraction of sp³-hybridized carbons (Fsp3) is 0.435. The average molecular weight is 382 g/mol. The molecular formula is C23H27NO2S. The van der Waals surface area contributed by atoms with Crippen molar-refractivity contribution in [3.8, 4) is 0 Å². The number of rotatable bonds is 5. The third-order valence-electron chi connectivity index (χ3n) is 5.56. The number of hydrogen-bond donors (Lipinski definition) is 0. The lowest BCUT2D eigenvalue weighted by Crippen LogP contribution is -2.39. The highest BCUT2D eigenvalue weighted by molar-refractivity contribution is 8.00. The fourth-order valence-electron chi connectivity index (χ4n) is 3.98. The zero-order chi connectivity index (χ0) is 18.6. The summed E-state index contributed by atoms with van der Waals surface area (Å²) in [4.78, 5) is 14.8. The molecule has 1 saturated heterocycles. The van der Waals surface area contributed by atoms with Gasteiger partial charge in [0, 0.05) is 25.4 Å². The van der Waals surface area contributed by atoms with Crippen molar-refractivity contribution in [1.29, 1.82) is 0 Å². The lowest BCUT2D eigenvalue weighted by atomic mass is 9.94. The number of carbonyl (C=O) groups is 1. The van der Waals surface area contributed by atoms with Gasteiger partial charge in [-0.1, -0.05) is 48.5 Å². The molecule has 0 radical (unpaired) electrons. The van der Waals surface area contributed by atoms with Gasteiger partial charge in [-0.2, -0.15) is 0 Å². The van der Waals surface area contributed by atoms with E-state index in [1.54, 1.807) is 11.8 Å². The zero-order valence-corrected chi connectivity index (χ0v) is 16.7. The van der Waals surface area contributed by atoms with Crippen molar-refractivity contribution in [1.82, 2.24) is 4.90 Å². The molecule has 2 aromatic carbocycles. The summed E-state index contributed by atoms with van der Waals surface area (Å²) in [5.74, 6) is 1.18. The Kier molecular flexibility index (Phi) is 5.84. The first-order valence-corrected chi connectivity index (χ1v) is 11.0. The number of ether oxygens (including phenoxy) is 1. The van der Waals surface area contributed by atoms with Gasteiger partial charge >= 0.3 is 0 Å². The quantitative estimate of drug-likeness (QED) is 0.748. The van der Waals surface area contributed by atoms with Crippen LogP contribution < -0.4 is 0 Å². The summed E-state index contributed by atoms with van der Waals surface area (Å²) >= 11 is 1.74. The Hall–Kier alpha value is -1.78. The van der Waals surface area contributed by atoms with Crippen LogP contribution >= 0.6 is 11.8 Å². The molecule has 0 aliphatic carbocycles. The molecule has 0 bridgehead atoms. The van der Waals surface area contributed by atoms with E-state index in [-0.39, 0.29) is 11.2 Å². The van der Waals surface area contributed by atoms with Crippen molar-refractivity contribution < 1.29 is 9.53 Å². The molecule has 2 aliphatic rings. The van der Waals surface area contributed by atoms with Crippen LogP contribution in [-0.4, -0.2) is 47.6 Å². The lowest BCUT2D eigenvalue weighted by molar-refractivity contribution is -0.129. The Balaban J connectivity index is 1.39. The van der Waals surface area contributed by atoms with Gasteiger partial charge in [-0.05, 0) is 48.1 Å². The SMILES string of the molecule is CC(SCC1CCCO1)C(=O)N1CC=C(c2cccc3ccccc23)CC1. The Labute approximate surface area is 165 Å². The maximum absolute atomic E-state index is 12.8. The predicted molar refractivity (Wildman–Crippen MR) is 114 cm³/mol. The fourth-order valence-corrected chi connectivity index (χ4v) is 5.03. The van der Waals surface area contributed by atoms with E-state index in [0.29, 0.717) is 12.6 Å². The monoisotopic (exact) mass is 381 g/mol. The first kappa shape index (κ1) is 18.6. The van der Waals surface area contributed by atoms with Crippen LogP contribution in [0.3, 0.4) is 0 Å². The number of nitrogens with zero attached hydrogens (tertiary/aromatic N) is 1. The second-order valence-electron chi connectivity index (χ2n) is 7.40. The summed E-state index contributed by atoms with van der Waals surface area (Å²) in [6.45, 7) is 4.42. The van der Waals surface area contributed by atoms with Crippen molar-refractivity contribution in [3.05, 3.63) is 54.1 Å². The number of amides is 1. The highest BCUT2D eigenvalue weighted by Gasteiger charge is 2.25. The van der Waals surface area contributed by atoms with Crippen molar-refractivity contribution in [3.63, 3.8) is 0 Å². The van der Waals surface area contributed by atoms with E-state index in [4.69, 9.17) is 4.74 Å². The molecule has 0 spiro atoms.